The summed E-state index contributed by atoms with van der Waals surface area (Å²) >= 11 is 0. The van der Waals surface area contributed by atoms with Gasteiger partial charge in [0.1, 0.15) is 29.1 Å². The van der Waals surface area contributed by atoms with Gasteiger partial charge in [-0.3, -0.25) is 9.20 Å². The highest BCUT2D eigenvalue weighted by Gasteiger charge is 2.35. The predicted molar refractivity (Wildman–Crippen MR) is 144 cm³/mol. The third-order valence-electron chi connectivity index (χ3n) is 6.65. The summed E-state index contributed by atoms with van der Waals surface area (Å²) in [4.78, 5) is 18.6. The number of hydrogen-bond donors (Lipinski definition) is 2. The molecular formula is C26H35F2N5O5S. The summed E-state index contributed by atoms with van der Waals surface area (Å²) in [6.07, 6.45) is 4.77. The van der Waals surface area contributed by atoms with Crippen LogP contribution in [0.1, 0.15) is 56.1 Å². The molecule has 13 heteroatoms. The highest BCUT2D eigenvalue weighted by molar-refractivity contribution is 7.87. The van der Waals surface area contributed by atoms with Crippen molar-refractivity contribution in [3.05, 3.63) is 59.8 Å². The van der Waals surface area contributed by atoms with Gasteiger partial charge in [0.15, 0.2) is 0 Å². The number of ether oxygens (including phenoxy) is 1. The van der Waals surface area contributed by atoms with E-state index in [2.05, 4.69) is 4.98 Å². The van der Waals surface area contributed by atoms with Gasteiger partial charge in [-0.25, -0.2) is 18.5 Å². The van der Waals surface area contributed by atoms with Crippen LogP contribution in [0.15, 0.2) is 42.7 Å². The van der Waals surface area contributed by atoms with Gasteiger partial charge in [-0.1, -0.05) is 6.92 Å². The van der Waals surface area contributed by atoms with Crippen LogP contribution in [0.25, 0.3) is 5.65 Å². The molecule has 0 unspecified atom stereocenters. The average Bonchev–Trinajstić information content (AvgIpc) is 3.67. The molecule has 39 heavy (non-hydrogen) atoms. The number of phenolic OH excluding ortho intramolecular Hbond substituents is 1. The van der Waals surface area contributed by atoms with Crippen LogP contribution in [0.3, 0.4) is 0 Å². The lowest BCUT2D eigenvalue weighted by Crippen LogP contribution is -2.42. The van der Waals surface area contributed by atoms with Gasteiger partial charge in [-0.05, 0) is 49.6 Å². The molecule has 0 spiro atoms. The lowest BCUT2D eigenvalue weighted by molar-refractivity contribution is 0.0973. The van der Waals surface area contributed by atoms with Crippen LogP contribution in [-0.4, -0.2) is 72.6 Å². The van der Waals surface area contributed by atoms with E-state index in [1.54, 1.807) is 23.2 Å². The van der Waals surface area contributed by atoms with Gasteiger partial charge < -0.3 is 14.7 Å². The fourth-order valence-electron chi connectivity index (χ4n) is 4.66. The van der Waals surface area contributed by atoms with Crippen LogP contribution in [0.5, 0.6) is 5.75 Å². The molecule has 2 aromatic heterocycles. The Hall–Kier alpha value is -3.29. The van der Waals surface area contributed by atoms with Crippen LogP contribution in [0, 0.1) is 5.82 Å². The number of rotatable bonds is 7. The number of carbonyl (C=O) groups excluding carboxylic acids is 1. The van der Waals surface area contributed by atoms with Crippen molar-refractivity contribution in [2.24, 2.45) is 0 Å². The van der Waals surface area contributed by atoms with E-state index in [0.717, 1.165) is 23.6 Å². The summed E-state index contributed by atoms with van der Waals surface area (Å²) < 4.78 is 62.5. The van der Waals surface area contributed by atoms with E-state index >= 15 is 0 Å². The number of alkyl halides is 1. The van der Waals surface area contributed by atoms with Gasteiger partial charge in [0, 0.05) is 53.0 Å². The van der Waals surface area contributed by atoms with E-state index in [4.69, 9.17) is 4.74 Å². The van der Waals surface area contributed by atoms with Crippen LogP contribution in [0.4, 0.5) is 14.5 Å². The Labute approximate surface area is 227 Å². The molecule has 5 rings (SSSR count). The average molecular weight is 568 g/mol. The minimum absolute atomic E-state index is 0. The largest absolute Gasteiger partial charge is 0.508 e. The third kappa shape index (κ3) is 6.65. The second-order valence-corrected chi connectivity index (χ2v) is 11.3. The van der Waals surface area contributed by atoms with Gasteiger partial charge in [0.05, 0.1) is 17.9 Å². The maximum absolute atomic E-state index is 14.4. The fourth-order valence-corrected chi connectivity index (χ4v) is 5.57. The number of amides is 1. The van der Waals surface area contributed by atoms with E-state index in [0.29, 0.717) is 17.8 Å². The molecule has 1 amide bonds. The summed E-state index contributed by atoms with van der Waals surface area (Å²) in [5.74, 6) is -1.55. The van der Waals surface area contributed by atoms with Crippen molar-refractivity contribution in [1.82, 2.24) is 18.4 Å². The molecule has 2 fully saturated rings. The molecule has 3 aromatic rings. The molecule has 2 aliphatic rings. The summed E-state index contributed by atoms with van der Waals surface area (Å²) in [7, 11) is -2.66. The maximum atomic E-state index is 14.4. The molecule has 1 aromatic carbocycles. The van der Waals surface area contributed by atoms with Crippen molar-refractivity contribution < 1.29 is 33.3 Å². The van der Waals surface area contributed by atoms with Crippen molar-refractivity contribution in [3.8, 4) is 5.75 Å². The zero-order valence-electron chi connectivity index (χ0n) is 21.9. The zero-order valence-corrected chi connectivity index (χ0v) is 22.7. The standard InChI is InChI=1S/C22H25F2N5O4S.C4H8O.H2/c1-3-8-27(2)34(32,33)26-22(31)19-11-25-21-7-5-16(13-29(19)21)28-12-15(24)10-18(28)17-9-14(23)4-6-20(17)30;1-2-4-5-3-1;/h4-7,9,11,13,15,18,30H,3,8,10,12H2,1-2H3,(H,26,31);1-4H2;1H/t15-,18+;;/m0../s1. The summed E-state index contributed by atoms with van der Waals surface area (Å²) in [6.45, 7) is 4.06. The first-order valence-electron chi connectivity index (χ1n) is 12.8. The second kappa shape index (κ2) is 12.3. The van der Waals surface area contributed by atoms with Gasteiger partial charge >= 0.3 is 10.2 Å². The first-order chi connectivity index (χ1) is 18.6. The fraction of sp³-hybridized carbons (Fsp3) is 0.462. The smallest absolute Gasteiger partial charge is 0.303 e. The number of aromatic hydroxyl groups is 1. The predicted octanol–water partition coefficient (Wildman–Crippen LogP) is 3.83. The first-order valence-corrected chi connectivity index (χ1v) is 14.3. The lowest BCUT2D eigenvalue weighted by atomic mass is 10.0. The Bertz CT molecular complexity index is 1410. The highest BCUT2D eigenvalue weighted by atomic mass is 32.2. The van der Waals surface area contributed by atoms with E-state index in [1.165, 1.54) is 42.6 Å². The zero-order chi connectivity index (χ0) is 28.2. The number of nitrogens with one attached hydrogen (secondary N) is 1. The maximum Gasteiger partial charge on any atom is 0.303 e. The molecule has 2 atom stereocenters. The van der Waals surface area contributed by atoms with Crippen molar-refractivity contribution in [1.29, 1.82) is 0 Å². The molecular weight excluding hydrogens is 532 g/mol. The summed E-state index contributed by atoms with van der Waals surface area (Å²) in [5, 5.41) is 10.2. The number of halogens is 2. The number of phenols is 1. The lowest BCUT2D eigenvalue weighted by Gasteiger charge is -2.27. The van der Waals surface area contributed by atoms with Crippen molar-refractivity contribution >= 4 is 27.5 Å². The quantitative estimate of drug-likeness (QED) is 0.446. The van der Waals surface area contributed by atoms with Gasteiger partial charge in [-0.15, -0.1) is 0 Å². The van der Waals surface area contributed by atoms with Crippen molar-refractivity contribution in [3.63, 3.8) is 0 Å². The van der Waals surface area contributed by atoms with Crippen LogP contribution < -0.4 is 9.62 Å². The molecule has 214 valence electrons. The number of benzene rings is 1. The van der Waals surface area contributed by atoms with Gasteiger partial charge in [-0.2, -0.15) is 12.7 Å². The molecule has 0 saturated carbocycles. The molecule has 0 radical (unpaired) electrons. The molecule has 2 saturated heterocycles. The Balaban J connectivity index is 0.000000662. The first kappa shape index (κ1) is 28.7. The van der Waals surface area contributed by atoms with E-state index in [1.807, 2.05) is 11.6 Å². The van der Waals surface area contributed by atoms with E-state index < -0.39 is 34.1 Å². The molecule has 0 aliphatic carbocycles. The molecule has 10 nitrogen and oxygen atoms in total. The molecule has 0 bridgehead atoms. The van der Waals surface area contributed by atoms with Crippen LogP contribution in [-0.2, 0) is 14.9 Å². The van der Waals surface area contributed by atoms with Crippen molar-refractivity contribution in [2.45, 2.75) is 44.8 Å². The third-order valence-corrected chi connectivity index (χ3v) is 8.10. The molecule has 2 aliphatic heterocycles. The number of aromatic nitrogens is 2. The summed E-state index contributed by atoms with van der Waals surface area (Å²) in [5.41, 5.74) is 1.12. The molecule has 4 heterocycles. The number of anilines is 1. The van der Waals surface area contributed by atoms with Crippen molar-refractivity contribution in [2.75, 3.05) is 38.3 Å². The summed E-state index contributed by atoms with van der Waals surface area (Å²) in [6, 6.07) is 6.18. The number of imidazole rings is 1. The van der Waals surface area contributed by atoms with E-state index in [-0.39, 0.29) is 37.9 Å². The minimum atomic E-state index is -4.03. The number of fused-ring (bicyclic) bond motifs is 1. The second-order valence-electron chi connectivity index (χ2n) is 9.54. The Morgan fingerprint density at radius 1 is 1.28 bits per heavy atom. The topological polar surface area (TPSA) is 116 Å². The monoisotopic (exact) mass is 567 g/mol. The number of nitrogens with zero attached hydrogens (tertiary/aromatic N) is 4. The van der Waals surface area contributed by atoms with Gasteiger partial charge in [0.2, 0.25) is 0 Å². The highest BCUT2D eigenvalue weighted by Crippen LogP contribution is 2.41. The van der Waals surface area contributed by atoms with Crippen LogP contribution >= 0.6 is 0 Å². The van der Waals surface area contributed by atoms with Crippen LogP contribution in [0.2, 0.25) is 0 Å². The Kier molecular flexibility index (Phi) is 9.03. The number of pyridine rings is 1. The minimum Gasteiger partial charge on any atom is -0.508 e. The number of hydrogen-bond acceptors (Lipinski definition) is 7. The van der Waals surface area contributed by atoms with E-state index in [9.17, 15) is 27.1 Å². The SMILES string of the molecule is C1CCOC1.CCCN(C)S(=O)(=O)NC(=O)c1cnc2ccc(N3C[C@@H](F)C[C@@H]3c3cc(F)ccc3O)cn12.[HH]. The Morgan fingerprint density at radius 2 is 2.03 bits per heavy atom. The van der Waals surface area contributed by atoms with Gasteiger partial charge in [0.25, 0.3) is 5.91 Å². The molecule has 2 N–H and O–H groups in total. The normalized spacial score (nSPS) is 19.4. The Morgan fingerprint density at radius 3 is 2.69 bits per heavy atom. The number of carbonyl (C=O) groups is 1.